The molecule has 4 heterocycles. The highest BCUT2D eigenvalue weighted by atomic mass is 16.2. The summed E-state index contributed by atoms with van der Waals surface area (Å²) in [5.74, 6) is 0.432. The van der Waals surface area contributed by atoms with Crippen LogP contribution in [0.1, 0.15) is 22.8 Å². The summed E-state index contributed by atoms with van der Waals surface area (Å²) in [7, 11) is 0. The number of likely N-dealkylation sites (tertiary alicyclic amines) is 1. The van der Waals surface area contributed by atoms with E-state index in [4.69, 9.17) is 10.8 Å². The molecule has 3 aromatic heterocycles. The average molecular weight is 454 g/mol. The first-order valence-electron chi connectivity index (χ1n) is 10.8. The number of aromatic nitrogens is 5. The van der Waals surface area contributed by atoms with Gasteiger partial charge in [0.05, 0.1) is 11.4 Å². The van der Waals surface area contributed by atoms with E-state index < -0.39 is 0 Å². The van der Waals surface area contributed by atoms with E-state index in [1.807, 2.05) is 16.8 Å². The number of carbonyl (C=O) groups excluding carboxylic acids is 2. The van der Waals surface area contributed by atoms with Crippen LogP contribution in [0.2, 0.25) is 0 Å². The quantitative estimate of drug-likeness (QED) is 0.443. The molecule has 10 nitrogen and oxygen atoms in total. The Morgan fingerprint density at radius 2 is 1.94 bits per heavy atom. The van der Waals surface area contributed by atoms with E-state index in [1.165, 1.54) is 12.4 Å². The summed E-state index contributed by atoms with van der Waals surface area (Å²) in [4.78, 5) is 39.0. The van der Waals surface area contributed by atoms with Crippen LogP contribution in [-0.4, -0.2) is 54.5 Å². The maximum absolute atomic E-state index is 12.6. The molecule has 3 N–H and O–H groups in total. The second-order valence-corrected chi connectivity index (χ2v) is 7.93. The number of rotatable bonds is 5. The average Bonchev–Trinajstić information content (AvgIpc) is 3.50. The predicted molar refractivity (Wildman–Crippen MR) is 128 cm³/mol. The zero-order valence-electron chi connectivity index (χ0n) is 18.3. The Kier molecular flexibility index (Phi) is 5.46. The molecule has 4 aromatic rings. The van der Waals surface area contributed by atoms with Gasteiger partial charge in [0, 0.05) is 30.4 Å². The first-order valence-corrected chi connectivity index (χ1v) is 10.8. The zero-order valence-corrected chi connectivity index (χ0v) is 18.3. The first kappa shape index (κ1) is 21.3. The maximum atomic E-state index is 12.6. The van der Waals surface area contributed by atoms with Crippen molar-refractivity contribution >= 4 is 34.5 Å². The topological polar surface area (TPSA) is 132 Å². The van der Waals surface area contributed by atoms with Gasteiger partial charge in [-0.15, -0.1) is 0 Å². The predicted octanol–water partition coefficient (Wildman–Crippen LogP) is 2.68. The number of hydrogen-bond acceptors (Lipinski definition) is 7. The number of benzene rings is 1. The highest BCUT2D eigenvalue weighted by molar-refractivity contribution is 6.04. The molecule has 0 aliphatic carbocycles. The summed E-state index contributed by atoms with van der Waals surface area (Å²) in [6.45, 7) is 4.70. The van der Waals surface area contributed by atoms with Crippen molar-refractivity contribution in [2.45, 2.75) is 12.5 Å². The van der Waals surface area contributed by atoms with Crippen molar-refractivity contribution in [1.82, 2.24) is 29.6 Å². The van der Waals surface area contributed by atoms with E-state index in [0.29, 0.717) is 47.0 Å². The van der Waals surface area contributed by atoms with Crippen molar-refractivity contribution in [2.75, 3.05) is 24.1 Å². The van der Waals surface area contributed by atoms with E-state index >= 15 is 0 Å². The van der Waals surface area contributed by atoms with Crippen LogP contribution in [-0.2, 0) is 4.79 Å². The molecule has 1 fully saturated rings. The SMILES string of the molecule is C=CC(=O)N1CC[C@@H](n2nc(-c3ccc(C(=O)Nc4ccccn4)cc3)c3c(N)ncnc32)C1. The van der Waals surface area contributed by atoms with Crippen LogP contribution >= 0.6 is 0 Å². The molecular weight excluding hydrogens is 432 g/mol. The standard InChI is InChI=1S/C24H22N8O2/c1-2-19(33)31-12-10-17(13-31)32-23-20(22(25)27-14-28-23)21(30-32)15-6-8-16(9-7-15)24(34)29-18-5-3-4-11-26-18/h2-9,11,14,17H,1,10,12-13H2,(H2,25,27,28)(H,26,29,34)/t17-/m1/s1. The summed E-state index contributed by atoms with van der Waals surface area (Å²) < 4.78 is 1.82. The number of carbonyl (C=O) groups is 2. The lowest BCUT2D eigenvalue weighted by Gasteiger charge is -2.14. The molecule has 34 heavy (non-hydrogen) atoms. The van der Waals surface area contributed by atoms with Crippen molar-refractivity contribution in [3.05, 3.63) is 73.2 Å². The number of pyridine rings is 1. The first-order chi connectivity index (χ1) is 16.5. The normalized spacial score (nSPS) is 15.4. The third-order valence-electron chi connectivity index (χ3n) is 5.84. The highest BCUT2D eigenvalue weighted by Gasteiger charge is 2.30. The molecular formula is C24H22N8O2. The van der Waals surface area contributed by atoms with E-state index in [-0.39, 0.29) is 17.9 Å². The van der Waals surface area contributed by atoms with E-state index in [1.54, 1.807) is 41.4 Å². The third-order valence-corrected chi connectivity index (χ3v) is 5.84. The molecule has 0 radical (unpaired) electrons. The fourth-order valence-electron chi connectivity index (χ4n) is 4.13. The van der Waals surface area contributed by atoms with Gasteiger partial charge in [0.2, 0.25) is 5.91 Å². The van der Waals surface area contributed by atoms with Crippen LogP contribution in [0.3, 0.4) is 0 Å². The van der Waals surface area contributed by atoms with Crippen molar-refractivity contribution in [2.24, 2.45) is 0 Å². The lowest BCUT2D eigenvalue weighted by atomic mass is 10.1. The van der Waals surface area contributed by atoms with Crippen LogP contribution in [0, 0.1) is 0 Å². The molecule has 170 valence electrons. The summed E-state index contributed by atoms with van der Waals surface area (Å²) in [6, 6.07) is 12.3. The summed E-state index contributed by atoms with van der Waals surface area (Å²) in [6.07, 6.45) is 5.09. The van der Waals surface area contributed by atoms with Gasteiger partial charge >= 0.3 is 0 Å². The summed E-state index contributed by atoms with van der Waals surface area (Å²) >= 11 is 0. The number of nitrogen functional groups attached to an aromatic ring is 1. The molecule has 0 bridgehead atoms. The van der Waals surface area contributed by atoms with Crippen molar-refractivity contribution in [1.29, 1.82) is 0 Å². The minimum absolute atomic E-state index is 0.0436. The van der Waals surface area contributed by atoms with E-state index in [9.17, 15) is 9.59 Å². The van der Waals surface area contributed by atoms with Gasteiger partial charge in [0.15, 0.2) is 5.65 Å². The fourth-order valence-corrected chi connectivity index (χ4v) is 4.13. The number of nitrogens with two attached hydrogens (primary N) is 1. The van der Waals surface area contributed by atoms with E-state index in [0.717, 1.165) is 12.0 Å². The molecule has 1 saturated heterocycles. The molecule has 0 unspecified atom stereocenters. The van der Waals surface area contributed by atoms with Gasteiger partial charge in [-0.3, -0.25) is 9.59 Å². The van der Waals surface area contributed by atoms with Crippen LogP contribution in [0.25, 0.3) is 22.3 Å². The molecule has 1 aliphatic rings. The zero-order chi connectivity index (χ0) is 23.7. The molecule has 0 saturated carbocycles. The summed E-state index contributed by atoms with van der Waals surface area (Å²) in [5.41, 5.74) is 8.70. The lowest BCUT2D eigenvalue weighted by molar-refractivity contribution is -0.125. The van der Waals surface area contributed by atoms with Gasteiger partial charge in [-0.25, -0.2) is 19.6 Å². The van der Waals surface area contributed by atoms with Crippen LogP contribution in [0.5, 0.6) is 0 Å². The van der Waals surface area contributed by atoms with Crippen LogP contribution in [0.15, 0.2) is 67.6 Å². The van der Waals surface area contributed by atoms with Crippen molar-refractivity contribution in [3.8, 4) is 11.3 Å². The van der Waals surface area contributed by atoms with Gasteiger partial charge < -0.3 is 16.0 Å². The molecule has 1 atom stereocenters. The van der Waals surface area contributed by atoms with Gasteiger partial charge in [0.25, 0.3) is 5.91 Å². The Hall–Kier alpha value is -4.60. The third kappa shape index (κ3) is 3.85. The summed E-state index contributed by atoms with van der Waals surface area (Å²) in [5, 5.41) is 8.23. The number of nitrogens with zero attached hydrogens (tertiary/aromatic N) is 6. The minimum Gasteiger partial charge on any atom is -0.383 e. The molecule has 5 rings (SSSR count). The fraction of sp³-hybridized carbons (Fsp3) is 0.167. The molecule has 1 aliphatic heterocycles. The Morgan fingerprint density at radius 3 is 2.68 bits per heavy atom. The second kappa shape index (κ2) is 8.74. The number of hydrogen-bond donors (Lipinski definition) is 2. The number of nitrogens with one attached hydrogen (secondary N) is 1. The minimum atomic E-state index is -0.263. The number of amides is 2. The highest BCUT2D eigenvalue weighted by Crippen LogP contribution is 2.34. The van der Waals surface area contributed by atoms with Gasteiger partial charge in [-0.1, -0.05) is 24.8 Å². The number of anilines is 2. The van der Waals surface area contributed by atoms with Gasteiger partial charge in [0.1, 0.15) is 23.7 Å². The molecule has 1 aromatic carbocycles. The molecule has 0 spiro atoms. The Morgan fingerprint density at radius 1 is 1.12 bits per heavy atom. The van der Waals surface area contributed by atoms with Gasteiger partial charge in [-0.05, 0) is 36.8 Å². The monoisotopic (exact) mass is 454 g/mol. The molecule has 2 amide bonds. The molecule has 10 heteroatoms. The Bertz CT molecular complexity index is 1380. The van der Waals surface area contributed by atoms with Crippen molar-refractivity contribution in [3.63, 3.8) is 0 Å². The van der Waals surface area contributed by atoms with Gasteiger partial charge in [-0.2, -0.15) is 5.10 Å². The Labute approximate surface area is 195 Å². The van der Waals surface area contributed by atoms with Crippen LogP contribution in [0.4, 0.5) is 11.6 Å². The maximum Gasteiger partial charge on any atom is 0.256 e. The Balaban J connectivity index is 1.46. The largest absolute Gasteiger partial charge is 0.383 e. The van der Waals surface area contributed by atoms with Crippen LogP contribution < -0.4 is 11.1 Å². The lowest BCUT2D eigenvalue weighted by Crippen LogP contribution is -2.27. The smallest absolute Gasteiger partial charge is 0.256 e. The number of fused-ring (bicyclic) bond motifs is 1. The van der Waals surface area contributed by atoms with Crippen molar-refractivity contribution < 1.29 is 9.59 Å². The van der Waals surface area contributed by atoms with E-state index in [2.05, 4.69) is 26.8 Å². The second-order valence-electron chi connectivity index (χ2n) is 7.93.